The molecule has 1 aliphatic carbocycles. The molecule has 1 saturated carbocycles. The summed E-state index contributed by atoms with van der Waals surface area (Å²) in [5.74, 6) is 0.618. The highest BCUT2D eigenvalue weighted by Gasteiger charge is 2.25. The second-order valence-electron chi connectivity index (χ2n) is 8.54. The summed E-state index contributed by atoms with van der Waals surface area (Å²) in [6, 6.07) is 13.8. The molecule has 1 aliphatic rings. The Kier molecular flexibility index (Phi) is 6.05. The number of rotatable bonds is 6. The third-order valence-electron chi connectivity index (χ3n) is 6.34. The lowest BCUT2D eigenvalue weighted by molar-refractivity contribution is 0.104. The number of carbonyl (C=O) groups excluding carboxylic acids is 2. The van der Waals surface area contributed by atoms with Crippen LogP contribution in [-0.4, -0.2) is 33.5 Å². The van der Waals surface area contributed by atoms with Gasteiger partial charge in [0.15, 0.2) is 5.78 Å². The van der Waals surface area contributed by atoms with E-state index in [0.717, 1.165) is 25.7 Å². The fourth-order valence-electron chi connectivity index (χ4n) is 4.67. The Bertz CT molecular complexity index is 1410. The Hall–Kier alpha value is -4.40. The molecule has 9 nitrogen and oxygen atoms in total. The lowest BCUT2D eigenvalue weighted by atomic mass is 10.0. The summed E-state index contributed by atoms with van der Waals surface area (Å²) in [5, 5.41) is 6.10. The van der Waals surface area contributed by atoms with Crippen molar-refractivity contribution in [3.05, 3.63) is 72.2 Å². The molecule has 2 heterocycles. The molecule has 0 radical (unpaired) electrons. The van der Waals surface area contributed by atoms with E-state index < -0.39 is 6.03 Å². The van der Waals surface area contributed by atoms with Crippen LogP contribution in [0.25, 0.3) is 11.0 Å². The Morgan fingerprint density at radius 2 is 1.86 bits per heavy atom. The van der Waals surface area contributed by atoms with Gasteiger partial charge in [-0.3, -0.25) is 4.79 Å². The van der Waals surface area contributed by atoms with Crippen LogP contribution in [0, 0.1) is 0 Å². The fraction of sp³-hybridized carbons (Fsp3) is 0.231. The van der Waals surface area contributed by atoms with E-state index in [1.165, 1.54) is 13.4 Å². The predicted molar refractivity (Wildman–Crippen MR) is 135 cm³/mol. The molecule has 0 saturated heterocycles. The number of nitrogens with zero attached hydrogens (tertiary/aromatic N) is 3. The summed E-state index contributed by atoms with van der Waals surface area (Å²) in [5.41, 5.74) is 8.76. The molecule has 9 heteroatoms. The molecule has 5 rings (SSSR count). The number of hydrogen-bond donors (Lipinski definition) is 3. The Labute approximate surface area is 202 Å². The number of para-hydroxylation sites is 2. The van der Waals surface area contributed by atoms with E-state index in [9.17, 15) is 9.59 Å². The van der Waals surface area contributed by atoms with Crippen molar-refractivity contribution in [1.82, 2.24) is 14.5 Å². The maximum Gasteiger partial charge on any atom is 0.323 e. The maximum atomic E-state index is 13.6. The van der Waals surface area contributed by atoms with Gasteiger partial charge >= 0.3 is 6.03 Å². The Morgan fingerprint density at radius 3 is 2.66 bits per heavy atom. The first-order valence-electron chi connectivity index (χ1n) is 11.5. The van der Waals surface area contributed by atoms with Gasteiger partial charge in [0.25, 0.3) is 0 Å². The molecule has 2 aromatic carbocycles. The lowest BCUT2D eigenvalue weighted by Crippen LogP contribution is -2.20. The highest BCUT2D eigenvalue weighted by Crippen LogP contribution is 2.35. The van der Waals surface area contributed by atoms with Crippen molar-refractivity contribution < 1.29 is 14.3 Å². The molecule has 2 aromatic heterocycles. The SMILES string of the molecule is COc1ccccc1NC(=O)Nc1cccc(C(=O)c2cn(C3CCCC3)c3ncnc(N)c23)c1. The van der Waals surface area contributed by atoms with Crippen LogP contribution in [0.2, 0.25) is 0 Å². The van der Waals surface area contributed by atoms with Gasteiger partial charge in [0.05, 0.1) is 23.7 Å². The zero-order chi connectivity index (χ0) is 24.4. The van der Waals surface area contributed by atoms with Crippen molar-refractivity contribution in [2.45, 2.75) is 31.7 Å². The molecule has 178 valence electrons. The van der Waals surface area contributed by atoms with Gasteiger partial charge in [0.2, 0.25) is 0 Å². The van der Waals surface area contributed by atoms with E-state index in [0.29, 0.717) is 45.3 Å². The van der Waals surface area contributed by atoms with Gasteiger partial charge in [-0.05, 0) is 37.1 Å². The largest absolute Gasteiger partial charge is 0.495 e. The van der Waals surface area contributed by atoms with Crippen LogP contribution in [-0.2, 0) is 0 Å². The number of hydrogen-bond acceptors (Lipinski definition) is 6. The maximum absolute atomic E-state index is 13.6. The van der Waals surface area contributed by atoms with Crippen molar-refractivity contribution >= 4 is 40.0 Å². The zero-order valence-electron chi connectivity index (χ0n) is 19.3. The smallest absolute Gasteiger partial charge is 0.323 e. The van der Waals surface area contributed by atoms with Crippen LogP contribution in [0.3, 0.4) is 0 Å². The summed E-state index contributed by atoms with van der Waals surface area (Å²) < 4.78 is 7.34. The van der Waals surface area contributed by atoms with Crippen LogP contribution in [0.5, 0.6) is 5.75 Å². The second-order valence-corrected chi connectivity index (χ2v) is 8.54. The molecule has 0 atom stereocenters. The molecule has 2 amide bonds. The molecule has 4 aromatic rings. The first-order chi connectivity index (χ1) is 17.0. The Balaban J connectivity index is 1.42. The molecule has 0 bridgehead atoms. The quantitative estimate of drug-likeness (QED) is 0.340. The van der Waals surface area contributed by atoms with Gasteiger partial charge in [-0.1, -0.05) is 37.1 Å². The number of urea groups is 1. The number of nitrogen functional groups attached to an aromatic ring is 1. The number of nitrogens with one attached hydrogen (secondary N) is 2. The van der Waals surface area contributed by atoms with Gasteiger partial charge in [-0.2, -0.15) is 0 Å². The van der Waals surface area contributed by atoms with Crippen LogP contribution in [0.15, 0.2) is 61.1 Å². The van der Waals surface area contributed by atoms with E-state index in [-0.39, 0.29) is 11.6 Å². The standard InChI is InChI=1S/C26H26N6O3/c1-35-21-12-5-4-11-20(21)31-26(34)30-17-8-6-7-16(13-17)23(33)19-14-32(18-9-2-3-10-18)25-22(19)24(27)28-15-29-25/h4-8,11-15,18H,2-3,9-10H2,1H3,(H2,27,28,29)(H2,30,31,34). The molecule has 4 N–H and O–H groups in total. The van der Waals surface area contributed by atoms with Crippen LogP contribution >= 0.6 is 0 Å². The average molecular weight is 471 g/mol. The minimum absolute atomic E-state index is 0.206. The number of benzene rings is 2. The van der Waals surface area contributed by atoms with E-state index in [2.05, 4.69) is 25.2 Å². The van der Waals surface area contributed by atoms with Gasteiger partial charge in [0, 0.05) is 23.5 Å². The van der Waals surface area contributed by atoms with E-state index in [4.69, 9.17) is 10.5 Å². The fourth-order valence-corrected chi connectivity index (χ4v) is 4.67. The monoisotopic (exact) mass is 470 g/mol. The summed E-state index contributed by atoms with van der Waals surface area (Å²) in [6.45, 7) is 0. The third-order valence-corrected chi connectivity index (χ3v) is 6.34. The number of ether oxygens (including phenoxy) is 1. The van der Waals surface area contributed by atoms with Crippen LogP contribution < -0.4 is 21.1 Å². The molecule has 35 heavy (non-hydrogen) atoms. The van der Waals surface area contributed by atoms with Crippen molar-refractivity contribution in [2.75, 3.05) is 23.5 Å². The summed E-state index contributed by atoms with van der Waals surface area (Å²) in [7, 11) is 1.54. The van der Waals surface area contributed by atoms with Gasteiger partial charge in [-0.25, -0.2) is 14.8 Å². The highest BCUT2D eigenvalue weighted by atomic mass is 16.5. The first-order valence-corrected chi connectivity index (χ1v) is 11.5. The third kappa shape index (κ3) is 4.40. The number of amides is 2. The van der Waals surface area contributed by atoms with Gasteiger partial charge < -0.3 is 25.7 Å². The molecule has 0 aliphatic heterocycles. The van der Waals surface area contributed by atoms with E-state index in [1.54, 1.807) is 42.5 Å². The van der Waals surface area contributed by atoms with Crippen LogP contribution in [0.1, 0.15) is 47.6 Å². The molecule has 1 fully saturated rings. The topological polar surface area (TPSA) is 124 Å². The number of aromatic nitrogens is 3. The first kappa shape index (κ1) is 22.4. The van der Waals surface area contributed by atoms with Crippen molar-refractivity contribution in [3.8, 4) is 5.75 Å². The number of ketones is 1. The zero-order valence-corrected chi connectivity index (χ0v) is 19.3. The number of methoxy groups -OCH3 is 1. The molecule has 0 unspecified atom stereocenters. The van der Waals surface area contributed by atoms with Gasteiger partial charge in [0.1, 0.15) is 23.5 Å². The Morgan fingerprint density at radius 1 is 1.06 bits per heavy atom. The summed E-state index contributed by atoms with van der Waals surface area (Å²) in [6.07, 6.45) is 7.67. The van der Waals surface area contributed by atoms with Crippen molar-refractivity contribution in [2.24, 2.45) is 0 Å². The minimum atomic E-state index is -0.449. The summed E-state index contributed by atoms with van der Waals surface area (Å²) >= 11 is 0. The van der Waals surface area contributed by atoms with Gasteiger partial charge in [-0.15, -0.1) is 0 Å². The average Bonchev–Trinajstić information content (AvgIpc) is 3.53. The van der Waals surface area contributed by atoms with Crippen LogP contribution in [0.4, 0.5) is 22.0 Å². The van der Waals surface area contributed by atoms with Crippen molar-refractivity contribution in [1.29, 1.82) is 0 Å². The predicted octanol–water partition coefficient (Wildman–Crippen LogP) is 5.01. The van der Waals surface area contributed by atoms with E-state index in [1.807, 2.05) is 12.3 Å². The number of anilines is 3. The van der Waals surface area contributed by atoms with Crippen molar-refractivity contribution in [3.63, 3.8) is 0 Å². The second kappa shape index (κ2) is 9.46. The molecular formula is C26H26N6O3. The number of fused-ring (bicyclic) bond motifs is 1. The normalized spacial score (nSPS) is 13.6. The molecule has 0 spiro atoms. The summed E-state index contributed by atoms with van der Waals surface area (Å²) in [4.78, 5) is 34.7. The lowest BCUT2D eigenvalue weighted by Gasteiger charge is -2.12. The number of nitrogens with two attached hydrogens (primary N) is 1. The molecular weight excluding hydrogens is 444 g/mol. The number of carbonyl (C=O) groups is 2. The highest BCUT2D eigenvalue weighted by molar-refractivity contribution is 6.18. The van der Waals surface area contributed by atoms with E-state index >= 15 is 0 Å². The minimum Gasteiger partial charge on any atom is -0.495 e.